The smallest absolute Gasteiger partial charge is 0.335 e. The summed E-state index contributed by atoms with van der Waals surface area (Å²) in [5, 5.41) is 8.89. The molecular weight excluding hydrogens is 338 g/mol. The summed E-state index contributed by atoms with van der Waals surface area (Å²) in [7, 11) is 1.59. The highest BCUT2D eigenvalue weighted by molar-refractivity contribution is 9.10. The van der Waals surface area contributed by atoms with Gasteiger partial charge in [0, 0.05) is 10.0 Å². The molecule has 0 bridgehead atoms. The van der Waals surface area contributed by atoms with E-state index in [0.29, 0.717) is 5.75 Å². The SMILES string of the molecule is COc1ccc(Br)c(COc2ccc(C(=O)O)cc2N)c1. The first-order chi connectivity index (χ1) is 10.0. The van der Waals surface area contributed by atoms with Crippen molar-refractivity contribution in [1.82, 2.24) is 0 Å². The minimum atomic E-state index is -1.02. The van der Waals surface area contributed by atoms with E-state index in [-0.39, 0.29) is 17.9 Å². The average molecular weight is 352 g/mol. The second-order valence-electron chi connectivity index (χ2n) is 4.30. The fraction of sp³-hybridized carbons (Fsp3) is 0.133. The number of nitrogen functional groups attached to an aromatic ring is 1. The molecule has 0 aromatic heterocycles. The zero-order valence-electron chi connectivity index (χ0n) is 11.3. The van der Waals surface area contributed by atoms with Gasteiger partial charge in [0.15, 0.2) is 0 Å². The van der Waals surface area contributed by atoms with Crippen LogP contribution < -0.4 is 15.2 Å². The zero-order valence-corrected chi connectivity index (χ0v) is 12.9. The molecule has 0 unspecified atom stereocenters. The van der Waals surface area contributed by atoms with Gasteiger partial charge in [0.25, 0.3) is 0 Å². The van der Waals surface area contributed by atoms with Gasteiger partial charge in [-0.05, 0) is 36.4 Å². The maximum absolute atomic E-state index is 10.8. The number of carboxylic acid groups (broad SMARTS) is 1. The maximum Gasteiger partial charge on any atom is 0.335 e. The van der Waals surface area contributed by atoms with Crippen LogP contribution in [0.4, 0.5) is 5.69 Å². The van der Waals surface area contributed by atoms with Crippen molar-refractivity contribution >= 4 is 27.6 Å². The Bertz CT molecular complexity index is 673. The van der Waals surface area contributed by atoms with Crippen molar-refractivity contribution in [2.24, 2.45) is 0 Å². The Morgan fingerprint density at radius 1 is 1.29 bits per heavy atom. The predicted octanol–water partition coefficient (Wildman–Crippen LogP) is 3.32. The molecule has 0 saturated carbocycles. The number of anilines is 1. The van der Waals surface area contributed by atoms with E-state index >= 15 is 0 Å². The van der Waals surface area contributed by atoms with Crippen molar-refractivity contribution in [1.29, 1.82) is 0 Å². The number of hydrogen-bond acceptors (Lipinski definition) is 4. The summed E-state index contributed by atoms with van der Waals surface area (Å²) >= 11 is 3.44. The van der Waals surface area contributed by atoms with E-state index in [1.807, 2.05) is 18.2 Å². The second-order valence-corrected chi connectivity index (χ2v) is 5.16. The van der Waals surface area contributed by atoms with Crippen molar-refractivity contribution in [3.05, 3.63) is 52.0 Å². The van der Waals surface area contributed by atoms with Gasteiger partial charge in [-0.1, -0.05) is 15.9 Å². The molecule has 6 heteroatoms. The Labute approximate surface area is 130 Å². The molecule has 0 fully saturated rings. The molecule has 3 N–H and O–H groups in total. The maximum atomic E-state index is 10.8. The number of rotatable bonds is 5. The van der Waals surface area contributed by atoms with Gasteiger partial charge < -0.3 is 20.3 Å². The zero-order chi connectivity index (χ0) is 15.4. The molecule has 2 aromatic carbocycles. The Morgan fingerprint density at radius 2 is 2.05 bits per heavy atom. The van der Waals surface area contributed by atoms with Gasteiger partial charge in [0.2, 0.25) is 0 Å². The molecule has 0 heterocycles. The van der Waals surface area contributed by atoms with E-state index in [4.69, 9.17) is 20.3 Å². The molecule has 0 radical (unpaired) electrons. The number of ether oxygens (including phenoxy) is 2. The summed E-state index contributed by atoms with van der Waals surface area (Å²) in [6, 6.07) is 9.93. The topological polar surface area (TPSA) is 81.8 Å². The highest BCUT2D eigenvalue weighted by atomic mass is 79.9. The summed E-state index contributed by atoms with van der Waals surface area (Å²) < 4.78 is 11.7. The molecule has 0 aliphatic heterocycles. The summed E-state index contributed by atoms with van der Waals surface area (Å²) in [5.41, 5.74) is 7.11. The van der Waals surface area contributed by atoms with E-state index in [1.54, 1.807) is 13.2 Å². The van der Waals surface area contributed by atoms with E-state index in [9.17, 15) is 4.79 Å². The first kappa shape index (κ1) is 15.2. The fourth-order valence-corrected chi connectivity index (χ4v) is 2.12. The minimum Gasteiger partial charge on any atom is -0.497 e. The molecule has 0 amide bonds. The third-order valence-corrected chi connectivity index (χ3v) is 3.67. The monoisotopic (exact) mass is 351 g/mol. The molecular formula is C15H14BrNO4. The van der Waals surface area contributed by atoms with E-state index in [0.717, 1.165) is 15.8 Å². The van der Waals surface area contributed by atoms with Crippen LogP contribution in [0, 0.1) is 0 Å². The third-order valence-electron chi connectivity index (χ3n) is 2.89. The van der Waals surface area contributed by atoms with Crippen LogP contribution in [0.15, 0.2) is 40.9 Å². The van der Waals surface area contributed by atoms with Crippen LogP contribution in [-0.2, 0) is 6.61 Å². The van der Waals surface area contributed by atoms with Gasteiger partial charge >= 0.3 is 5.97 Å². The van der Waals surface area contributed by atoms with Crippen LogP contribution in [0.1, 0.15) is 15.9 Å². The number of halogens is 1. The lowest BCUT2D eigenvalue weighted by Crippen LogP contribution is -2.02. The molecule has 5 nitrogen and oxygen atoms in total. The predicted molar refractivity (Wildman–Crippen MR) is 82.8 cm³/mol. The van der Waals surface area contributed by atoms with Crippen LogP contribution in [0.5, 0.6) is 11.5 Å². The summed E-state index contributed by atoms with van der Waals surface area (Å²) in [5.74, 6) is 0.143. The van der Waals surface area contributed by atoms with Crippen LogP contribution in [0.25, 0.3) is 0 Å². The Kier molecular flexibility index (Phi) is 4.70. The Hall–Kier alpha value is -2.21. The molecule has 0 spiro atoms. The second kappa shape index (κ2) is 6.49. The number of benzene rings is 2. The van der Waals surface area contributed by atoms with Gasteiger partial charge in [-0.25, -0.2) is 4.79 Å². The van der Waals surface area contributed by atoms with Crippen LogP contribution in [0.2, 0.25) is 0 Å². The number of nitrogens with two attached hydrogens (primary N) is 1. The molecule has 2 rings (SSSR count). The van der Waals surface area contributed by atoms with Crippen LogP contribution >= 0.6 is 15.9 Å². The molecule has 0 atom stereocenters. The van der Waals surface area contributed by atoms with Gasteiger partial charge in [-0.3, -0.25) is 0 Å². The highest BCUT2D eigenvalue weighted by Gasteiger charge is 2.09. The van der Waals surface area contributed by atoms with Crippen LogP contribution in [-0.4, -0.2) is 18.2 Å². The first-order valence-corrected chi connectivity index (χ1v) is 6.88. The largest absolute Gasteiger partial charge is 0.497 e. The minimum absolute atomic E-state index is 0.127. The van der Waals surface area contributed by atoms with Crippen molar-refractivity contribution < 1.29 is 19.4 Å². The Balaban J connectivity index is 2.15. The number of carbonyl (C=O) groups is 1. The molecule has 0 saturated heterocycles. The van der Waals surface area contributed by atoms with Crippen molar-refractivity contribution in [3.63, 3.8) is 0 Å². The quantitative estimate of drug-likeness (QED) is 0.807. The molecule has 110 valence electrons. The molecule has 0 aliphatic rings. The number of aromatic carboxylic acids is 1. The first-order valence-electron chi connectivity index (χ1n) is 6.09. The van der Waals surface area contributed by atoms with E-state index < -0.39 is 5.97 Å². The lowest BCUT2D eigenvalue weighted by molar-refractivity contribution is 0.0697. The number of hydrogen-bond donors (Lipinski definition) is 2. The third kappa shape index (κ3) is 3.66. The molecule has 0 aliphatic carbocycles. The molecule has 2 aromatic rings. The molecule has 21 heavy (non-hydrogen) atoms. The van der Waals surface area contributed by atoms with Gasteiger partial charge in [-0.2, -0.15) is 0 Å². The summed E-state index contributed by atoms with van der Waals surface area (Å²) in [4.78, 5) is 10.8. The van der Waals surface area contributed by atoms with E-state index in [1.165, 1.54) is 12.1 Å². The normalized spacial score (nSPS) is 10.2. The fourth-order valence-electron chi connectivity index (χ4n) is 1.76. The standard InChI is InChI=1S/C15H14BrNO4/c1-20-11-3-4-12(16)10(6-11)8-21-14-5-2-9(15(18)19)7-13(14)17/h2-7H,8,17H2,1H3,(H,18,19). The van der Waals surface area contributed by atoms with E-state index in [2.05, 4.69) is 15.9 Å². The van der Waals surface area contributed by atoms with Crippen molar-refractivity contribution in [2.75, 3.05) is 12.8 Å². The number of methoxy groups -OCH3 is 1. The highest BCUT2D eigenvalue weighted by Crippen LogP contribution is 2.27. The lowest BCUT2D eigenvalue weighted by atomic mass is 10.2. The Morgan fingerprint density at radius 3 is 2.67 bits per heavy atom. The summed E-state index contributed by atoms with van der Waals surface area (Å²) in [6.07, 6.45) is 0. The van der Waals surface area contributed by atoms with Crippen molar-refractivity contribution in [2.45, 2.75) is 6.61 Å². The van der Waals surface area contributed by atoms with Gasteiger partial charge in [0.1, 0.15) is 18.1 Å². The van der Waals surface area contributed by atoms with Gasteiger partial charge in [-0.15, -0.1) is 0 Å². The summed E-state index contributed by atoms with van der Waals surface area (Å²) in [6.45, 7) is 0.286. The van der Waals surface area contributed by atoms with Gasteiger partial charge in [0.05, 0.1) is 18.4 Å². The average Bonchev–Trinajstić information content (AvgIpc) is 2.47. The van der Waals surface area contributed by atoms with Crippen molar-refractivity contribution in [3.8, 4) is 11.5 Å². The van der Waals surface area contributed by atoms with Crippen LogP contribution in [0.3, 0.4) is 0 Å². The number of carboxylic acids is 1. The lowest BCUT2D eigenvalue weighted by Gasteiger charge is -2.11.